The minimum absolute atomic E-state index is 0.248. The number of piperidine rings is 1. The zero-order valence-electron chi connectivity index (χ0n) is 13.3. The largest absolute Gasteiger partial charge is 0.342 e. The van der Waals surface area contributed by atoms with Crippen LogP contribution in [0.1, 0.15) is 37.7 Å². The summed E-state index contributed by atoms with van der Waals surface area (Å²) in [4.78, 5) is 15.4. The van der Waals surface area contributed by atoms with Crippen molar-refractivity contribution in [2.75, 3.05) is 26.7 Å². The average Bonchev–Trinajstić information content (AvgIpc) is 2.48. The number of nitrogens with zero attached hydrogens (tertiary/aromatic N) is 1. The Morgan fingerprint density at radius 2 is 2.05 bits per heavy atom. The Balaban J connectivity index is 1.78. The monoisotopic (exact) mass is 364 g/mol. The highest BCUT2D eigenvalue weighted by Crippen LogP contribution is 2.45. The molecule has 1 amide bonds. The van der Waals surface area contributed by atoms with Crippen LogP contribution >= 0.6 is 15.9 Å². The van der Waals surface area contributed by atoms with Gasteiger partial charge in [0.15, 0.2) is 0 Å². The van der Waals surface area contributed by atoms with E-state index < -0.39 is 0 Å². The lowest BCUT2D eigenvalue weighted by molar-refractivity contribution is -0.142. The van der Waals surface area contributed by atoms with Gasteiger partial charge in [0, 0.05) is 17.6 Å². The molecule has 4 heteroatoms. The number of amides is 1. The molecule has 1 aliphatic carbocycles. The van der Waals surface area contributed by atoms with Gasteiger partial charge < -0.3 is 10.2 Å². The maximum absolute atomic E-state index is 13.2. The summed E-state index contributed by atoms with van der Waals surface area (Å²) in [7, 11) is 2.00. The fourth-order valence-corrected chi connectivity index (χ4v) is 4.20. The van der Waals surface area contributed by atoms with Crippen molar-refractivity contribution < 1.29 is 4.79 Å². The summed E-state index contributed by atoms with van der Waals surface area (Å²) >= 11 is 3.49. The normalized spacial score (nSPS) is 23.9. The van der Waals surface area contributed by atoms with Crippen LogP contribution in [0.15, 0.2) is 28.7 Å². The van der Waals surface area contributed by atoms with Gasteiger partial charge in [0.1, 0.15) is 0 Å². The third-order valence-corrected chi connectivity index (χ3v) is 5.84. The van der Waals surface area contributed by atoms with E-state index in [9.17, 15) is 4.79 Å². The van der Waals surface area contributed by atoms with Crippen LogP contribution in [0, 0.1) is 5.92 Å². The summed E-state index contributed by atoms with van der Waals surface area (Å²) in [5, 5.41) is 3.26. The van der Waals surface area contributed by atoms with Crippen molar-refractivity contribution in [1.82, 2.24) is 10.2 Å². The summed E-state index contributed by atoms with van der Waals surface area (Å²) in [6.07, 6.45) is 5.53. The summed E-state index contributed by atoms with van der Waals surface area (Å²) < 4.78 is 1.07. The van der Waals surface area contributed by atoms with Gasteiger partial charge in [-0.25, -0.2) is 0 Å². The summed E-state index contributed by atoms with van der Waals surface area (Å²) in [5.41, 5.74) is 0.949. The molecule has 3 nitrogen and oxygen atoms in total. The topological polar surface area (TPSA) is 32.3 Å². The highest BCUT2D eigenvalue weighted by atomic mass is 79.9. The number of benzene rings is 1. The van der Waals surface area contributed by atoms with Crippen LogP contribution in [-0.2, 0) is 10.2 Å². The Hall–Kier alpha value is -0.870. The summed E-state index contributed by atoms with van der Waals surface area (Å²) in [6, 6.07) is 8.36. The van der Waals surface area contributed by atoms with Gasteiger partial charge >= 0.3 is 0 Å². The first-order valence-corrected chi connectivity index (χ1v) is 9.15. The van der Waals surface area contributed by atoms with Crippen LogP contribution in [0.25, 0.3) is 0 Å². The molecular formula is C18H25BrN2O. The molecule has 0 radical (unpaired) electrons. The van der Waals surface area contributed by atoms with E-state index >= 15 is 0 Å². The molecule has 1 N–H and O–H groups in total. The Morgan fingerprint density at radius 3 is 2.64 bits per heavy atom. The first kappa shape index (κ1) is 16.0. The third kappa shape index (κ3) is 2.95. The molecule has 22 heavy (non-hydrogen) atoms. The van der Waals surface area contributed by atoms with E-state index in [0.29, 0.717) is 11.8 Å². The second-order valence-electron chi connectivity index (χ2n) is 6.76. The lowest BCUT2D eigenvalue weighted by atomic mass is 9.63. The maximum Gasteiger partial charge on any atom is 0.233 e. The SMILES string of the molecule is CNCC1CCCN(C(=O)C2(c3ccc(Br)cc3)CCC2)C1. The van der Waals surface area contributed by atoms with E-state index in [4.69, 9.17) is 0 Å². The van der Waals surface area contributed by atoms with E-state index in [1.807, 2.05) is 7.05 Å². The van der Waals surface area contributed by atoms with E-state index in [1.54, 1.807) is 0 Å². The molecule has 1 atom stereocenters. The molecule has 1 aromatic carbocycles. The zero-order chi connectivity index (χ0) is 15.6. The minimum atomic E-state index is -0.248. The highest BCUT2D eigenvalue weighted by Gasteiger charge is 2.48. The molecule has 3 rings (SSSR count). The van der Waals surface area contributed by atoms with Gasteiger partial charge in [-0.1, -0.05) is 34.5 Å². The van der Waals surface area contributed by atoms with Gasteiger partial charge in [-0.15, -0.1) is 0 Å². The average molecular weight is 365 g/mol. The third-order valence-electron chi connectivity index (χ3n) is 5.31. The Labute approximate surface area is 141 Å². The Kier molecular flexibility index (Phi) is 4.88. The quantitative estimate of drug-likeness (QED) is 0.888. The fraction of sp³-hybridized carbons (Fsp3) is 0.611. The van der Waals surface area contributed by atoms with Gasteiger partial charge in [-0.05, 0) is 62.9 Å². The lowest BCUT2D eigenvalue weighted by Gasteiger charge is -2.46. The molecule has 1 aromatic rings. The molecule has 0 bridgehead atoms. The van der Waals surface area contributed by atoms with Crippen molar-refractivity contribution in [1.29, 1.82) is 0 Å². The van der Waals surface area contributed by atoms with Gasteiger partial charge in [-0.3, -0.25) is 4.79 Å². The van der Waals surface area contributed by atoms with Crippen molar-refractivity contribution in [3.8, 4) is 0 Å². The van der Waals surface area contributed by atoms with Crippen LogP contribution in [0.4, 0.5) is 0 Å². The Bertz CT molecular complexity index is 522. The number of nitrogens with one attached hydrogen (secondary N) is 1. The number of carbonyl (C=O) groups is 1. The van der Waals surface area contributed by atoms with Crippen molar-refractivity contribution in [3.63, 3.8) is 0 Å². The van der Waals surface area contributed by atoms with Crippen LogP contribution in [0.3, 0.4) is 0 Å². The number of rotatable bonds is 4. The van der Waals surface area contributed by atoms with Crippen molar-refractivity contribution >= 4 is 21.8 Å². The van der Waals surface area contributed by atoms with Crippen LogP contribution in [-0.4, -0.2) is 37.5 Å². The van der Waals surface area contributed by atoms with Gasteiger partial charge in [0.25, 0.3) is 0 Å². The van der Waals surface area contributed by atoms with Gasteiger partial charge in [0.05, 0.1) is 5.41 Å². The van der Waals surface area contributed by atoms with Crippen molar-refractivity contribution in [2.24, 2.45) is 5.92 Å². The molecule has 0 aromatic heterocycles. The van der Waals surface area contributed by atoms with E-state index in [1.165, 1.54) is 12.0 Å². The van der Waals surface area contributed by atoms with E-state index in [2.05, 4.69) is 50.4 Å². The summed E-state index contributed by atoms with van der Waals surface area (Å²) in [6.45, 7) is 2.85. The van der Waals surface area contributed by atoms with E-state index in [0.717, 1.165) is 49.8 Å². The van der Waals surface area contributed by atoms with Crippen molar-refractivity contribution in [2.45, 2.75) is 37.5 Å². The summed E-state index contributed by atoms with van der Waals surface area (Å²) in [5.74, 6) is 0.964. The first-order valence-electron chi connectivity index (χ1n) is 8.36. The number of halogens is 1. The standard InChI is InChI=1S/C18H25BrN2O/c1-20-12-14-4-2-11-21(13-14)17(22)18(9-3-10-18)15-5-7-16(19)8-6-15/h5-8,14,20H,2-4,9-13H2,1H3. The van der Waals surface area contributed by atoms with Gasteiger partial charge in [-0.2, -0.15) is 0 Å². The fourth-order valence-electron chi connectivity index (χ4n) is 3.93. The van der Waals surface area contributed by atoms with Crippen molar-refractivity contribution in [3.05, 3.63) is 34.3 Å². The zero-order valence-corrected chi connectivity index (χ0v) is 14.9. The molecule has 1 unspecified atom stereocenters. The maximum atomic E-state index is 13.2. The number of carbonyl (C=O) groups excluding carboxylic acids is 1. The van der Waals surface area contributed by atoms with Crippen LogP contribution < -0.4 is 5.32 Å². The molecule has 1 heterocycles. The predicted molar refractivity (Wildman–Crippen MR) is 92.9 cm³/mol. The molecule has 1 saturated carbocycles. The smallest absolute Gasteiger partial charge is 0.233 e. The van der Waals surface area contributed by atoms with Crippen LogP contribution in [0.2, 0.25) is 0 Å². The molecular weight excluding hydrogens is 340 g/mol. The highest BCUT2D eigenvalue weighted by molar-refractivity contribution is 9.10. The molecule has 1 saturated heterocycles. The molecule has 2 fully saturated rings. The minimum Gasteiger partial charge on any atom is -0.342 e. The lowest BCUT2D eigenvalue weighted by Crippen LogP contribution is -2.54. The molecule has 120 valence electrons. The number of likely N-dealkylation sites (tertiary alicyclic amines) is 1. The second-order valence-corrected chi connectivity index (χ2v) is 7.68. The number of hydrogen-bond donors (Lipinski definition) is 1. The molecule has 1 aliphatic heterocycles. The number of hydrogen-bond acceptors (Lipinski definition) is 2. The van der Waals surface area contributed by atoms with Crippen LogP contribution in [0.5, 0.6) is 0 Å². The van der Waals surface area contributed by atoms with E-state index in [-0.39, 0.29) is 5.41 Å². The molecule has 0 spiro atoms. The second kappa shape index (κ2) is 6.71. The predicted octanol–water partition coefficient (Wildman–Crippen LogP) is 3.33. The van der Waals surface area contributed by atoms with Gasteiger partial charge in [0.2, 0.25) is 5.91 Å². The first-order chi connectivity index (χ1) is 10.7. The molecule has 2 aliphatic rings. The Morgan fingerprint density at radius 1 is 1.32 bits per heavy atom.